The summed E-state index contributed by atoms with van der Waals surface area (Å²) >= 11 is 1.68. The van der Waals surface area contributed by atoms with Crippen LogP contribution in [-0.4, -0.2) is 42.6 Å². The molecule has 1 aliphatic rings. The second-order valence-corrected chi connectivity index (χ2v) is 4.15. The van der Waals surface area contributed by atoms with E-state index in [9.17, 15) is 9.59 Å². The molecule has 1 aliphatic heterocycles. The van der Waals surface area contributed by atoms with Crippen LogP contribution in [0, 0.1) is 0 Å². The molecule has 0 aromatic rings. The topological polar surface area (TPSA) is 70.2 Å². The minimum Gasteiger partial charge on any atom is -0.357 e. The number of carbonyl (C=O) groups excluding carboxylic acids is 2. The Kier molecular flexibility index (Phi) is 4.21. The maximum absolute atomic E-state index is 11.5. The Morgan fingerprint density at radius 1 is 1.57 bits per heavy atom. The highest BCUT2D eigenvalue weighted by Crippen LogP contribution is 2.09. The molecule has 0 bridgehead atoms. The normalized spacial score (nSPS) is 22.9. The summed E-state index contributed by atoms with van der Waals surface area (Å²) in [5.74, 6) is 1.29. The van der Waals surface area contributed by atoms with Crippen LogP contribution in [0.25, 0.3) is 0 Å². The van der Waals surface area contributed by atoms with E-state index in [4.69, 9.17) is 0 Å². The summed E-state index contributed by atoms with van der Waals surface area (Å²) in [5.41, 5.74) is 0. The number of thioether (sulfide) groups is 1. The number of likely N-dealkylation sites (N-methyl/N-ethyl adjacent to an activating group) is 1. The Hall–Kier alpha value is -0.750. The minimum atomic E-state index is -0.472. The maximum atomic E-state index is 11.5. The second-order valence-electron chi connectivity index (χ2n) is 3.12. The fourth-order valence-corrected chi connectivity index (χ4v) is 2.10. The van der Waals surface area contributed by atoms with Crippen molar-refractivity contribution in [1.82, 2.24) is 16.0 Å². The van der Waals surface area contributed by atoms with Gasteiger partial charge in [-0.3, -0.25) is 14.9 Å². The van der Waals surface area contributed by atoms with Crippen molar-refractivity contribution in [1.29, 1.82) is 0 Å². The summed E-state index contributed by atoms with van der Waals surface area (Å²) in [4.78, 5) is 22.6. The summed E-state index contributed by atoms with van der Waals surface area (Å²) in [6, 6.07) is -0.632. The molecule has 14 heavy (non-hydrogen) atoms. The van der Waals surface area contributed by atoms with Gasteiger partial charge in [-0.2, -0.15) is 0 Å². The molecule has 0 saturated carbocycles. The van der Waals surface area contributed by atoms with Crippen LogP contribution < -0.4 is 16.0 Å². The van der Waals surface area contributed by atoms with Crippen molar-refractivity contribution in [3.63, 3.8) is 0 Å². The van der Waals surface area contributed by atoms with Crippen LogP contribution in [0.4, 0.5) is 0 Å². The smallest absolute Gasteiger partial charge is 0.242 e. The maximum Gasteiger partial charge on any atom is 0.242 e. The van der Waals surface area contributed by atoms with E-state index < -0.39 is 6.04 Å². The molecule has 5 nitrogen and oxygen atoms in total. The highest BCUT2D eigenvalue weighted by Gasteiger charge is 2.24. The van der Waals surface area contributed by atoms with Gasteiger partial charge in [0.25, 0.3) is 0 Å². The Morgan fingerprint density at radius 2 is 2.29 bits per heavy atom. The molecule has 0 aromatic heterocycles. The van der Waals surface area contributed by atoms with Gasteiger partial charge in [-0.25, -0.2) is 0 Å². The summed E-state index contributed by atoms with van der Waals surface area (Å²) in [7, 11) is 1.55. The molecular formula is C8H15N3O2S. The first-order chi connectivity index (χ1) is 6.65. The predicted octanol–water partition coefficient (Wildman–Crippen LogP) is -1.10. The molecule has 0 aromatic carbocycles. The molecule has 1 rings (SSSR count). The first kappa shape index (κ1) is 11.3. The Bertz CT molecular complexity index is 229. The molecule has 80 valence electrons. The highest BCUT2D eigenvalue weighted by atomic mass is 32.2. The van der Waals surface area contributed by atoms with Crippen LogP contribution in [0.3, 0.4) is 0 Å². The summed E-state index contributed by atoms with van der Waals surface area (Å²) in [6.45, 7) is 1.67. The van der Waals surface area contributed by atoms with Gasteiger partial charge in [0.05, 0.1) is 6.04 Å². The lowest BCUT2D eigenvalue weighted by Gasteiger charge is -2.15. The van der Waals surface area contributed by atoms with Crippen molar-refractivity contribution < 1.29 is 9.59 Å². The van der Waals surface area contributed by atoms with Crippen LogP contribution in [0.5, 0.6) is 0 Å². The van der Waals surface area contributed by atoms with Crippen LogP contribution in [0.1, 0.15) is 6.92 Å². The number of hydrogen-bond donors (Lipinski definition) is 3. The van der Waals surface area contributed by atoms with Gasteiger partial charge in [0, 0.05) is 18.7 Å². The molecule has 0 aliphatic carbocycles. The zero-order valence-corrected chi connectivity index (χ0v) is 9.11. The molecule has 3 N–H and O–H groups in total. The zero-order chi connectivity index (χ0) is 10.6. The van der Waals surface area contributed by atoms with Crippen LogP contribution in [0.2, 0.25) is 0 Å². The molecule has 1 saturated heterocycles. The van der Waals surface area contributed by atoms with Gasteiger partial charge in [0.2, 0.25) is 11.8 Å². The van der Waals surface area contributed by atoms with Crippen molar-refractivity contribution in [2.45, 2.75) is 19.0 Å². The van der Waals surface area contributed by atoms with Gasteiger partial charge < -0.3 is 10.6 Å². The predicted molar refractivity (Wildman–Crippen MR) is 55.9 cm³/mol. The number of rotatable bonds is 3. The van der Waals surface area contributed by atoms with Crippen LogP contribution in [-0.2, 0) is 9.59 Å². The van der Waals surface area contributed by atoms with E-state index in [1.165, 1.54) is 0 Å². The van der Waals surface area contributed by atoms with Crippen LogP contribution in [0.15, 0.2) is 0 Å². The van der Waals surface area contributed by atoms with Gasteiger partial charge in [-0.1, -0.05) is 0 Å². The van der Waals surface area contributed by atoms with Gasteiger partial charge in [-0.15, -0.1) is 11.8 Å². The van der Waals surface area contributed by atoms with Gasteiger partial charge in [0.15, 0.2) is 0 Å². The minimum absolute atomic E-state index is 0.105. The summed E-state index contributed by atoms with van der Waals surface area (Å²) in [5, 5.41) is 8.16. The lowest BCUT2D eigenvalue weighted by molar-refractivity contribution is -0.129. The molecule has 0 unspecified atom stereocenters. The number of hydrogen-bond acceptors (Lipinski definition) is 4. The van der Waals surface area contributed by atoms with E-state index in [-0.39, 0.29) is 17.9 Å². The Balaban J connectivity index is 2.35. The van der Waals surface area contributed by atoms with Gasteiger partial charge in [0.1, 0.15) is 6.04 Å². The molecular weight excluding hydrogens is 202 g/mol. The number of nitrogens with one attached hydrogen (secondary N) is 3. The highest BCUT2D eigenvalue weighted by molar-refractivity contribution is 7.99. The van der Waals surface area contributed by atoms with E-state index in [1.54, 1.807) is 25.7 Å². The molecule has 0 radical (unpaired) electrons. The van der Waals surface area contributed by atoms with Crippen molar-refractivity contribution >= 4 is 23.6 Å². The SMILES string of the molecule is CNC(=O)[C@@H](C)NC(=O)[C@H]1CSCN1. The third-order valence-corrected chi connectivity index (χ3v) is 2.97. The van der Waals surface area contributed by atoms with Gasteiger partial charge >= 0.3 is 0 Å². The van der Waals surface area contributed by atoms with Crippen molar-refractivity contribution in [3.05, 3.63) is 0 Å². The average Bonchev–Trinajstić information content (AvgIpc) is 2.69. The fraction of sp³-hybridized carbons (Fsp3) is 0.750. The first-order valence-corrected chi connectivity index (χ1v) is 5.63. The summed E-state index contributed by atoms with van der Waals surface area (Å²) < 4.78 is 0. The Morgan fingerprint density at radius 3 is 2.79 bits per heavy atom. The average molecular weight is 217 g/mol. The number of amides is 2. The zero-order valence-electron chi connectivity index (χ0n) is 8.29. The monoisotopic (exact) mass is 217 g/mol. The van der Waals surface area contributed by atoms with Crippen molar-refractivity contribution in [3.8, 4) is 0 Å². The molecule has 1 heterocycles. The standard InChI is InChI=1S/C8H15N3O2S/c1-5(7(12)9-2)11-8(13)6-3-14-4-10-6/h5-6,10H,3-4H2,1-2H3,(H,9,12)(H,11,13)/t5-,6-/m1/s1. The molecule has 6 heteroatoms. The largest absolute Gasteiger partial charge is 0.357 e. The van der Waals surface area contributed by atoms with E-state index in [2.05, 4.69) is 16.0 Å². The lowest BCUT2D eigenvalue weighted by Crippen LogP contribution is -2.50. The van der Waals surface area contributed by atoms with Crippen LogP contribution >= 0.6 is 11.8 Å². The van der Waals surface area contributed by atoms with E-state index in [0.29, 0.717) is 0 Å². The number of carbonyl (C=O) groups is 2. The third-order valence-electron chi connectivity index (χ3n) is 2.03. The fourth-order valence-electron chi connectivity index (χ4n) is 1.16. The molecule has 2 atom stereocenters. The summed E-state index contributed by atoms with van der Waals surface area (Å²) in [6.07, 6.45) is 0. The van der Waals surface area contributed by atoms with Gasteiger partial charge in [-0.05, 0) is 6.92 Å². The molecule has 0 spiro atoms. The van der Waals surface area contributed by atoms with E-state index in [0.717, 1.165) is 11.6 Å². The third kappa shape index (κ3) is 2.88. The lowest BCUT2D eigenvalue weighted by atomic mass is 10.2. The van der Waals surface area contributed by atoms with Crippen molar-refractivity contribution in [2.24, 2.45) is 0 Å². The quantitative estimate of drug-likeness (QED) is 0.561. The Labute approximate surface area is 87.4 Å². The molecule has 1 fully saturated rings. The van der Waals surface area contributed by atoms with E-state index in [1.807, 2.05) is 0 Å². The van der Waals surface area contributed by atoms with Crippen molar-refractivity contribution in [2.75, 3.05) is 18.7 Å². The van der Waals surface area contributed by atoms with E-state index >= 15 is 0 Å². The second kappa shape index (κ2) is 5.21. The molecule has 2 amide bonds. The first-order valence-electron chi connectivity index (χ1n) is 4.48.